The van der Waals surface area contributed by atoms with Crippen molar-refractivity contribution in [2.45, 2.75) is 57.7 Å². The topological polar surface area (TPSA) is 116 Å². The number of sulfonamides is 1. The van der Waals surface area contributed by atoms with Crippen molar-refractivity contribution in [1.29, 1.82) is 0 Å². The third kappa shape index (κ3) is 3.85. The summed E-state index contributed by atoms with van der Waals surface area (Å²) in [6.45, 7) is 3.67. The number of anilines is 3. The van der Waals surface area contributed by atoms with Gasteiger partial charge in [0.2, 0.25) is 10.0 Å². The number of aryl methyl sites for hydroxylation is 1. The Bertz CT molecular complexity index is 1200. The predicted octanol–water partition coefficient (Wildman–Crippen LogP) is 3.16. The second kappa shape index (κ2) is 7.76. The fourth-order valence-corrected chi connectivity index (χ4v) is 6.50. The van der Waals surface area contributed by atoms with Crippen LogP contribution >= 0.6 is 0 Å². The van der Waals surface area contributed by atoms with Crippen LogP contribution in [0.25, 0.3) is 10.9 Å². The normalized spacial score (nSPS) is 23.9. The van der Waals surface area contributed by atoms with Gasteiger partial charge in [-0.25, -0.2) is 13.4 Å². The molecule has 0 amide bonds. The smallest absolute Gasteiger partial charge is 0.214 e. The van der Waals surface area contributed by atoms with Crippen LogP contribution < -0.4 is 10.6 Å². The number of H-pyrrole nitrogens is 1. The average Bonchev–Trinajstić information content (AvgIpc) is 3.28. The summed E-state index contributed by atoms with van der Waals surface area (Å²) in [6, 6.07) is 8.03. The summed E-state index contributed by atoms with van der Waals surface area (Å²) < 4.78 is 26.9. The summed E-state index contributed by atoms with van der Waals surface area (Å²) in [4.78, 5) is 9.31. The molecule has 2 aliphatic rings. The Morgan fingerprint density at radius 3 is 2.65 bits per heavy atom. The molecule has 10 heteroatoms. The third-order valence-corrected chi connectivity index (χ3v) is 8.22. The lowest BCUT2D eigenvalue weighted by Crippen LogP contribution is -2.50. The van der Waals surface area contributed by atoms with Gasteiger partial charge in [0, 0.05) is 47.5 Å². The number of rotatable bonds is 6. The molecule has 3 atom stereocenters. The number of piperidine rings is 1. The molecular formula is C21H27N7O2S. The van der Waals surface area contributed by atoms with Crippen molar-refractivity contribution in [3.63, 3.8) is 0 Å². The van der Waals surface area contributed by atoms with Crippen molar-refractivity contribution in [3.8, 4) is 0 Å². The van der Waals surface area contributed by atoms with Gasteiger partial charge in [-0.2, -0.15) is 9.40 Å². The van der Waals surface area contributed by atoms with E-state index in [0.29, 0.717) is 11.6 Å². The number of nitrogens with one attached hydrogen (secondary N) is 3. The molecule has 31 heavy (non-hydrogen) atoms. The molecule has 5 rings (SSSR count). The van der Waals surface area contributed by atoms with Crippen LogP contribution in [-0.4, -0.2) is 56.8 Å². The Balaban J connectivity index is 1.41. The second-order valence-corrected chi connectivity index (χ2v) is 10.6. The van der Waals surface area contributed by atoms with E-state index in [9.17, 15) is 8.42 Å². The summed E-state index contributed by atoms with van der Waals surface area (Å²) in [5, 5.41) is 14.9. The lowest BCUT2D eigenvalue weighted by molar-refractivity contribution is 0.235. The maximum Gasteiger partial charge on any atom is 0.214 e. The van der Waals surface area contributed by atoms with E-state index in [1.165, 1.54) is 0 Å². The zero-order valence-electron chi connectivity index (χ0n) is 17.7. The molecule has 3 aromatic heterocycles. The van der Waals surface area contributed by atoms with E-state index in [-0.39, 0.29) is 23.9 Å². The predicted molar refractivity (Wildman–Crippen MR) is 121 cm³/mol. The van der Waals surface area contributed by atoms with Crippen molar-refractivity contribution < 1.29 is 8.42 Å². The maximum absolute atomic E-state index is 12.5. The van der Waals surface area contributed by atoms with Gasteiger partial charge in [0.25, 0.3) is 0 Å². The lowest BCUT2D eigenvalue weighted by Gasteiger charge is -2.38. The number of hydrogen-bond acceptors (Lipinski definition) is 7. The van der Waals surface area contributed by atoms with Crippen molar-refractivity contribution in [1.82, 2.24) is 24.5 Å². The van der Waals surface area contributed by atoms with Crippen LogP contribution in [0.4, 0.5) is 17.5 Å². The highest BCUT2D eigenvalue weighted by Crippen LogP contribution is 2.39. The van der Waals surface area contributed by atoms with E-state index < -0.39 is 10.0 Å². The minimum absolute atomic E-state index is 0.0685. The van der Waals surface area contributed by atoms with Crippen LogP contribution in [0.1, 0.15) is 38.3 Å². The number of aromatic nitrogens is 4. The van der Waals surface area contributed by atoms with Crippen LogP contribution in [0.15, 0.2) is 30.5 Å². The van der Waals surface area contributed by atoms with E-state index in [2.05, 4.69) is 25.8 Å². The first-order chi connectivity index (χ1) is 14.9. The van der Waals surface area contributed by atoms with Crippen molar-refractivity contribution in [3.05, 3.63) is 36.2 Å². The van der Waals surface area contributed by atoms with Crippen LogP contribution in [0, 0.1) is 6.92 Å². The van der Waals surface area contributed by atoms with Gasteiger partial charge in [0.15, 0.2) is 5.82 Å². The summed E-state index contributed by atoms with van der Waals surface area (Å²) in [6.07, 6.45) is 5.20. The van der Waals surface area contributed by atoms with E-state index in [0.717, 1.165) is 48.1 Å². The number of aromatic amines is 1. The van der Waals surface area contributed by atoms with Gasteiger partial charge < -0.3 is 10.6 Å². The molecule has 0 radical (unpaired) electrons. The van der Waals surface area contributed by atoms with E-state index in [1.54, 1.807) is 17.4 Å². The van der Waals surface area contributed by atoms with E-state index in [4.69, 9.17) is 4.98 Å². The molecule has 0 spiro atoms. The highest BCUT2D eigenvalue weighted by molar-refractivity contribution is 7.89. The summed E-state index contributed by atoms with van der Waals surface area (Å²) in [7, 11) is -3.17. The quantitative estimate of drug-likeness (QED) is 0.538. The van der Waals surface area contributed by atoms with Crippen molar-refractivity contribution in [2.24, 2.45) is 0 Å². The molecule has 3 aromatic rings. The zero-order chi connectivity index (χ0) is 21.6. The molecular weight excluding hydrogens is 414 g/mol. The second-order valence-electron chi connectivity index (χ2n) is 8.42. The number of fused-ring (bicyclic) bond motifs is 3. The minimum Gasteiger partial charge on any atom is -0.367 e. The average molecular weight is 442 g/mol. The Labute approximate surface area is 181 Å². The SMILES string of the molecule is CCS(=O)(=O)N1[C@@H]2CC[C@H]1C[C@H](Nc1nc(Nc3cc(C)[nH]n3)cc3ncccc13)C2. The van der Waals surface area contributed by atoms with E-state index >= 15 is 0 Å². The molecule has 5 heterocycles. The summed E-state index contributed by atoms with van der Waals surface area (Å²) in [5.74, 6) is 2.28. The third-order valence-electron chi connectivity index (χ3n) is 6.25. The molecule has 0 aliphatic carbocycles. The monoisotopic (exact) mass is 441 g/mol. The van der Waals surface area contributed by atoms with Crippen LogP contribution in [0.3, 0.4) is 0 Å². The molecule has 0 unspecified atom stereocenters. The summed E-state index contributed by atoms with van der Waals surface area (Å²) >= 11 is 0. The maximum atomic E-state index is 12.5. The molecule has 2 aliphatic heterocycles. The van der Waals surface area contributed by atoms with Crippen molar-refractivity contribution in [2.75, 3.05) is 16.4 Å². The summed E-state index contributed by atoms with van der Waals surface area (Å²) in [5.41, 5.74) is 1.80. The number of nitrogens with zero attached hydrogens (tertiary/aromatic N) is 4. The Kier molecular flexibility index (Phi) is 5.05. The van der Waals surface area contributed by atoms with Gasteiger partial charge in [0.1, 0.15) is 11.6 Å². The van der Waals surface area contributed by atoms with Gasteiger partial charge in [-0.3, -0.25) is 10.1 Å². The molecule has 2 saturated heterocycles. The standard InChI is InChI=1S/C21H27N7O2S/c1-3-31(29,30)28-15-6-7-16(28)11-14(10-15)23-21-17-5-4-8-22-18(17)12-19(25-21)24-20-9-13(2)26-27-20/h4-5,8-9,12,14-16H,3,6-7,10-11H2,1-2H3,(H3,23,24,25,26,27)/t14-,15-,16+. The first kappa shape index (κ1) is 20.2. The Morgan fingerprint density at radius 1 is 1.19 bits per heavy atom. The Morgan fingerprint density at radius 2 is 1.97 bits per heavy atom. The molecule has 2 bridgehead atoms. The van der Waals surface area contributed by atoms with Crippen LogP contribution in [0.5, 0.6) is 0 Å². The number of pyridine rings is 2. The van der Waals surface area contributed by atoms with Gasteiger partial charge in [-0.1, -0.05) is 0 Å². The first-order valence-corrected chi connectivity index (χ1v) is 12.4. The largest absolute Gasteiger partial charge is 0.367 e. The van der Waals surface area contributed by atoms with Crippen molar-refractivity contribution >= 4 is 38.4 Å². The molecule has 3 N–H and O–H groups in total. The van der Waals surface area contributed by atoms with Gasteiger partial charge in [0.05, 0.1) is 11.3 Å². The number of hydrogen-bond donors (Lipinski definition) is 3. The highest BCUT2D eigenvalue weighted by Gasteiger charge is 2.46. The lowest BCUT2D eigenvalue weighted by atomic mass is 9.99. The highest BCUT2D eigenvalue weighted by atomic mass is 32.2. The molecule has 0 saturated carbocycles. The molecule has 2 fully saturated rings. The first-order valence-electron chi connectivity index (χ1n) is 10.8. The van der Waals surface area contributed by atoms with Crippen LogP contribution in [0.2, 0.25) is 0 Å². The molecule has 164 valence electrons. The van der Waals surface area contributed by atoms with Gasteiger partial charge >= 0.3 is 0 Å². The van der Waals surface area contributed by atoms with Gasteiger partial charge in [-0.05, 0) is 51.7 Å². The fourth-order valence-electron chi connectivity index (χ4n) is 4.91. The van der Waals surface area contributed by atoms with Crippen LogP contribution in [-0.2, 0) is 10.0 Å². The fraction of sp³-hybridized carbons (Fsp3) is 0.476. The minimum atomic E-state index is -3.17. The van der Waals surface area contributed by atoms with E-state index in [1.807, 2.05) is 31.2 Å². The van der Waals surface area contributed by atoms with Gasteiger partial charge in [-0.15, -0.1) is 0 Å². The zero-order valence-corrected chi connectivity index (χ0v) is 18.5. The molecule has 9 nitrogen and oxygen atoms in total. The molecule has 0 aromatic carbocycles. The Hall–Kier alpha value is -2.72.